The van der Waals surface area contributed by atoms with Gasteiger partial charge in [-0.05, 0) is 43.5 Å². The number of nitrogens with zero attached hydrogens (tertiary/aromatic N) is 3. The van der Waals surface area contributed by atoms with Crippen molar-refractivity contribution in [2.24, 2.45) is 0 Å². The van der Waals surface area contributed by atoms with Gasteiger partial charge in [-0.1, -0.05) is 0 Å². The Morgan fingerprint density at radius 2 is 1.81 bits per heavy atom. The minimum absolute atomic E-state index is 0.0918. The fraction of sp³-hybridized carbons (Fsp3) is 0.400. The highest BCUT2D eigenvalue weighted by Crippen LogP contribution is 2.32. The largest absolute Gasteiger partial charge is 0.493 e. The third-order valence-electron chi connectivity index (χ3n) is 4.73. The lowest BCUT2D eigenvalue weighted by Crippen LogP contribution is -2.34. The predicted molar refractivity (Wildman–Crippen MR) is 103 cm³/mol. The van der Waals surface area contributed by atoms with Crippen molar-refractivity contribution in [3.05, 3.63) is 42.1 Å². The number of hydrogen-bond acceptors (Lipinski definition) is 5. The predicted octanol–water partition coefficient (Wildman–Crippen LogP) is 3.37. The number of anilines is 2. The number of rotatable bonds is 5. The van der Waals surface area contributed by atoms with Crippen molar-refractivity contribution in [2.75, 3.05) is 44.2 Å². The van der Waals surface area contributed by atoms with E-state index in [2.05, 4.69) is 9.88 Å². The lowest BCUT2D eigenvalue weighted by molar-refractivity contribution is 0.0993. The van der Waals surface area contributed by atoms with E-state index in [1.807, 2.05) is 18.2 Å². The Labute approximate surface area is 154 Å². The molecule has 1 aliphatic rings. The van der Waals surface area contributed by atoms with E-state index in [1.54, 1.807) is 44.5 Å². The van der Waals surface area contributed by atoms with Crippen molar-refractivity contribution in [1.29, 1.82) is 0 Å². The molecule has 6 heteroatoms. The van der Waals surface area contributed by atoms with Crippen LogP contribution in [0, 0.1) is 0 Å². The van der Waals surface area contributed by atoms with E-state index in [-0.39, 0.29) is 5.91 Å². The van der Waals surface area contributed by atoms with Gasteiger partial charge in [-0.2, -0.15) is 0 Å². The fourth-order valence-corrected chi connectivity index (χ4v) is 3.25. The molecule has 3 rings (SSSR count). The van der Waals surface area contributed by atoms with Crippen LogP contribution in [0.25, 0.3) is 0 Å². The Bertz CT molecular complexity index is 773. The van der Waals surface area contributed by atoms with E-state index >= 15 is 0 Å². The van der Waals surface area contributed by atoms with Crippen molar-refractivity contribution in [1.82, 2.24) is 4.98 Å². The van der Waals surface area contributed by atoms with E-state index in [4.69, 9.17) is 9.47 Å². The van der Waals surface area contributed by atoms with Crippen LogP contribution in [-0.2, 0) is 0 Å². The van der Waals surface area contributed by atoms with Crippen LogP contribution in [0.4, 0.5) is 11.5 Å². The van der Waals surface area contributed by atoms with Gasteiger partial charge in [0.15, 0.2) is 11.5 Å². The zero-order valence-electron chi connectivity index (χ0n) is 15.6. The van der Waals surface area contributed by atoms with Crippen molar-refractivity contribution in [3.8, 4) is 11.5 Å². The number of piperidine rings is 1. The third kappa shape index (κ3) is 3.59. The van der Waals surface area contributed by atoms with E-state index < -0.39 is 0 Å². The van der Waals surface area contributed by atoms with Gasteiger partial charge in [-0.15, -0.1) is 0 Å². The van der Waals surface area contributed by atoms with Gasteiger partial charge in [0.25, 0.3) is 5.91 Å². The molecule has 1 aliphatic heterocycles. The Balaban J connectivity index is 1.89. The monoisotopic (exact) mass is 355 g/mol. The highest BCUT2D eigenvalue weighted by atomic mass is 16.5. The Hall–Kier alpha value is -2.76. The first-order valence-electron chi connectivity index (χ1n) is 8.85. The maximum atomic E-state index is 13.1. The summed E-state index contributed by atoms with van der Waals surface area (Å²) in [5.74, 6) is 1.90. The molecule has 1 fully saturated rings. The zero-order chi connectivity index (χ0) is 18.5. The van der Waals surface area contributed by atoms with Gasteiger partial charge < -0.3 is 19.3 Å². The number of carbonyl (C=O) groups excluding carboxylic acids is 1. The number of methoxy groups -OCH3 is 2. The number of benzene rings is 1. The maximum Gasteiger partial charge on any atom is 0.261 e. The smallest absolute Gasteiger partial charge is 0.261 e. The van der Waals surface area contributed by atoms with E-state index in [9.17, 15) is 4.79 Å². The summed E-state index contributed by atoms with van der Waals surface area (Å²) in [7, 11) is 4.93. The quantitative estimate of drug-likeness (QED) is 0.823. The van der Waals surface area contributed by atoms with Crippen molar-refractivity contribution >= 4 is 17.4 Å². The Morgan fingerprint density at radius 1 is 1.08 bits per heavy atom. The summed E-state index contributed by atoms with van der Waals surface area (Å²) in [6.07, 6.45) is 5.25. The van der Waals surface area contributed by atoms with Crippen molar-refractivity contribution in [3.63, 3.8) is 0 Å². The molecule has 26 heavy (non-hydrogen) atoms. The molecule has 1 aromatic carbocycles. The fourth-order valence-electron chi connectivity index (χ4n) is 3.25. The molecule has 138 valence electrons. The number of amides is 1. The van der Waals surface area contributed by atoms with Gasteiger partial charge in [0.05, 0.1) is 19.8 Å². The van der Waals surface area contributed by atoms with Crippen molar-refractivity contribution < 1.29 is 14.3 Å². The lowest BCUT2D eigenvalue weighted by atomic mass is 10.1. The molecule has 1 aromatic heterocycles. The van der Waals surface area contributed by atoms with Crippen LogP contribution in [0.5, 0.6) is 11.5 Å². The summed E-state index contributed by atoms with van der Waals surface area (Å²) < 4.78 is 10.6. The van der Waals surface area contributed by atoms with E-state index in [0.717, 1.165) is 37.4 Å². The van der Waals surface area contributed by atoms with Gasteiger partial charge >= 0.3 is 0 Å². The lowest BCUT2D eigenvalue weighted by Gasteiger charge is -2.30. The zero-order valence-corrected chi connectivity index (χ0v) is 15.6. The standard InChI is InChI=1S/C20H25N3O3/c1-22(15-9-10-17(25-2)18(14-15)26-3)20(24)16-8-7-11-21-19(16)23-12-5-4-6-13-23/h7-11,14H,4-6,12-13H2,1-3H3. The van der Waals surface area contributed by atoms with Gasteiger partial charge in [-0.3, -0.25) is 4.79 Å². The first-order valence-corrected chi connectivity index (χ1v) is 8.85. The molecule has 0 spiro atoms. The van der Waals surface area contributed by atoms with E-state index in [1.165, 1.54) is 6.42 Å². The molecule has 2 heterocycles. The summed E-state index contributed by atoms with van der Waals surface area (Å²) in [5, 5.41) is 0. The topological polar surface area (TPSA) is 54.9 Å². The number of ether oxygens (including phenoxy) is 2. The van der Waals surface area contributed by atoms with E-state index in [0.29, 0.717) is 17.1 Å². The molecule has 0 aliphatic carbocycles. The van der Waals surface area contributed by atoms with Crippen LogP contribution in [0.2, 0.25) is 0 Å². The molecule has 0 unspecified atom stereocenters. The van der Waals surface area contributed by atoms with Crippen LogP contribution in [0.15, 0.2) is 36.5 Å². The highest BCUT2D eigenvalue weighted by Gasteiger charge is 2.23. The number of pyridine rings is 1. The summed E-state index contributed by atoms with van der Waals surface area (Å²) in [6, 6.07) is 9.09. The second-order valence-corrected chi connectivity index (χ2v) is 6.33. The molecular formula is C20H25N3O3. The van der Waals surface area contributed by atoms with Crippen LogP contribution in [-0.4, -0.2) is 45.2 Å². The SMILES string of the molecule is COc1ccc(N(C)C(=O)c2cccnc2N2CCCCC2)cc1OC. The first-order chi connectivity index (χ1) is 12.7. The molecule has 6 nitrogen and oxygen atoms in total. The van der Waals surface area contributed by atoms with Crippen LogP contribution in [0.1, 0.15) is 29.6 Å². The third-order valence-corrected chi connectivity index (χ3v) is 4.73. The Morgan fingerprint density at radius 3 is 2.50 bits per heavy atom. The van der Waals surface area contributed by atoms with Crippen LogP contribution < -0.4 is 19.3 Å². The molecule has 1 amide bonds. The van der Waals surface area contributed by atoms with Crippen LogP contribution in [0.3, 0.4) is 0 Å². The molecular weight excluding hydrogens is 330 g/mol. The molecule has 0 saturated carbocycles. The highest BCUT2D eigenvalue weighted by molar-refractivity contribution is 6.09. The minimum Gasteiger partial charge on any atom is -0.493 e. The first kappa shape index (κ1) is 18.0. The second kappa shape index (κ2) is 8.08. The average Bonchev–Trinajstić information content (AvgIpc) is 2.72. The summed E-state index contributed by atoms with van der Waals surface area (Å²) >= 11 is 0. The minimum atomic E-state index is -0.0918. The summed E-state index contributed by atoms with van der Waals surface area (Å²) in [5.41, 5.74) is 1.35. The maximum absolute atomic E-state index is 13.1. The van der Waals surface area contributed by atoms with Crippen LogP contribution >= 0.6 is 0 Å². The molecule has 0 N–H and O–H groups in total. The summed E-state index contributed by atoms with van der Waals surface area (Å²) in [6.45, 7) is 1.88. The number of carbonyl (C=O) groups is 1. The Kier molecular flexibility index (Phi) is 5.61. The number of hydrogen-bond donors (Lipinski definition) is 0. The molecule has 0 atom stereocenters. The average molecular weight is 355 g/mol. The molecule has 1 saturated heterocycles. The number of aromatic nitrogens is 1. The normalized spacial score (nSPS) is 14.0. The molecule has 0 bridgehead atoms. The van der Waals surface area contributed by atoms with Gasteiger partial charge in [0, 0.05) is 38.1 Å². The summed E-state index contributed by atoms with van der Waals surface area (Å²) in [4.78, 5) is 21.5. The van der Waals surface area contributed by atoms with Gasteiger partial charge in [0.2, 0.25) is 0 Å². The second-order valence-electron chi connectivity index (χ2n) is 6.33. The van der Waals surface area contributed by atoms with Gasteiger partial charge in [0.1, 0.15) is 5.82 Å². The molecule has 2 aromatic rings. The van der Waals surface area contributed by atoms with Crippen molar-refractivity contribution in [2.45, 2.75) is 19.3 Å². The van der Waals surface area contributed by atoms with Gasteiger partial charge in [-0.25, -0.2) is 4.98 Å². The molecule has 0 radical (unpaired) electrons.